The maximum absolute atomic E-state index is 12.5. The number of rotatable bonds is 7. The number of hydrogen-bond donors (Lipinski definition) is 2. The largest absolute Gasteiger partial charge is 0.497 e. The van der Waals surface area contributed by atoms with Crippen molar-refractivity contribution >= 4 is 33.0 Å². The lowest BCUT2D eigenvalue weighted by Gasteiger charge is -2.17. The van der Waals surface area contributed by atoms with Gasteiger partial charge in [-0.1, -0.05) is 12.1 Å². The van der Waals surface area contributed by atoms with Gasteiger partial charge < -0.3 is 15.4 Å². The first-order valence-corrected chi connectivity index (χ1v) is 11.6. The molecule has 0 aromatic heterocycles. The van der Waals surface area contributed by atoms with Gasteiger partial charge in [0.05, 0.1) is 18.6 Å². The van der Waals surface area contributed by atoms with E-state index in [0.29, 0.717) is 17.1 Å². The number of carbonyl (C=O) groups is 2. The highest BCUT2D eigenvalue weighted by atomic mass is 32.2. The Morgan fingerprint density at radius 2 is 1.50 bits per heavy atom. The van der Waals surface area contributed by atoms with Crippen LogP contribution in [0.25, 0.3) is 0 Å². The SMILES string of the molecule is COc1ccc(NC(=O)CC2CS(=O)(=O)CC2CC(=O)Nc2cccc(C)c2)cc1. The van der Waals surface area contributed by atoms with Gasteiger partial charge in [0.25, 0.3) is 0 Å². The molecule has 2 aromatic carbocycles. The van der Waals surface area contributed by atoms with Crippen molar-refractivity contribution in [2.45, 2.75) is 19.8 Å². The van der Waals surface area contributed by atoms with Crippen LogP contribution in [-0.4, -0.2) is 38.8 Å². The second kappa shape index (κ2) is 9.30. The molecule has 2 N–H and O–H groups in total. The molecule has 160 valence electrons. The summed E-state index contributed by atoms with van der Waals surface area (Å²) in [6, 6.07) is 14.3. The average Bonchev–Trinajstić information content (AvgIpc) is 2.95. The first kappa shape index (κ1) is 21.8. The number of methoxy groups -OCH3 is 1. The van der Waals surface area contributed by atoms with Crippen molar-refractivity contribution in [3.8, 4) is 5.75 Å². The van der Waals surface area contributed by atoms with Crippen molar-refractivity contribution < 1.29 is 22.7 Å². The Morgan fingerprint density at radius 3 is 2.03 bits per heavy atom. The molecule has 0 spiro atoms. The van der Waals surface area contributed by atoms with Crippen LogP contribution in [-0.2, 0) is 19.4 Å². The van der Waals surface area contributed by atoms with Crippen molar-refractivity contribution in [2.24, 2.45) is 11.8 Å². The summed E-state index contributed by atoms with van der Waals surface area (Å²) in [4.78, 5) is 24.9. The summed E-state index contributed by atoms with van der Waals surface area (Å²) in [5, 5.41) is 5.59. The van der Waals surface area contributed by atoms with Gasteiger partial charge in [-0.15, -0.1) is 0 Å². The van der Waals surface area contributed by atoms with Crippen LogP contribution < -0.4 is 15.4 Å². The van der Waals surface area contributed by atoms with Crippen LogP contribution in [0.2, 0.25) is 0 Å². The minimum absolute atomic E-state index is 0.0493. The summed E-state index contributed by atoms with van der Waals surface area (Å²) in [5.41, 5.74) is 2.30. The van der Waals surface area contributed by atoms with Crippen molar-refractivity contribution in [3.05, 3.63) is 54.1 Å². The fourth-order valence-corrected chi connectivity index (χ4v) is 5.96. The lowest BCUT2D eigenvalue weighted by atomic mass is 9.89. The fraction of sp³-hybridized carbons (Fsp3) is 0.364. The highest BCUT2D eigenvalue weighted by molar-refractivity contribution is 7.91. The Bertz CT molecular complexity index is 1020. The Morgan fingerprint density at radius 1 is 0.933 bits per heavy atom. The number of benzene rings is 2. The molecule has 0 radical (unpaired) electrons. The zero-order valence-corrected chi connectivity index (χ0v) is 17.9. The quantitative estimate of drug-likeness (QED) is 0.703. The van der Waals surface area contributed by atoms with E-state index in [0.717, 1.165) is 5.56 Å². The lowest BCUT2D eigenvalue weighted by Crippen LogP contribution is -2.25. The highest BCUT2D eigenvalue weighted by Crippen LogP contribution is 2.31. The van der Waals surface area contributed by atoms with Gasteiger partial charge in [-0.2, -0.15) is 0 Å². The molecule has 2 atom stereocenters. The van der Waals surface area contributed by atoms with E-state index in [1.807, 2.05) is 25.1 Å². The standard InChI is InChI=1S/C22H26N2O5S/c1-15-4-3-5-19(10-15)24-22(26)12-17-14-30(27,28)13-16(17)11-21(25)23-18-6-8-20(29-2)9-7-18/h3-10,16-17H,11-14H2,1-2H3,(H,23,25)(H,24,26). The summed E-state index contributed by atoms with van der Waals surface area (Å²) in [7, 11) is -1.71. The van der Waals surface area contributed by atoms with Crippen LogP contribution in [0.15, 0.2) is 48.5 Å². The first-order chi connectivity index (χ1) is 14.2. The topological polar surface area (TPSA) is 102 Å². The number of sulfone groups is 1. The zero-order valence-electron chi connectivity index (χ0n) is 17.1. The number of nitrogens with one attached hydrogen (secondary N) is 2. The van der Waals surface area contributed by atoms with Crippen LogP contribution in [0.1, 0.15) is 18.4 Å². The first-order valence-electron chi connectivity index (χ1n) is 9.75. The van der Waals surface area contributed by atoms with Crippen molar-refractivity contribution in [2.75, 3.05) is 29.2 Å². The number of aryl methyl sites for hydroxylation is 1. The molecule has 1 aliphatic rings. The van der Waals surface area contributed by atoms with Crippen LogP contribution in [0.5, 0.6) is 5.75 Å². The zero-order chi connectivity index (χ0) is 21.7. The molecule has 1 fully saturated rings. The van der Waals surface area contributed by atoms with Crippen molar-refractivity contribution in [1.29, 1.82) is 0 Å². The van der Waals surface area contributed by atoms with Gasteiger partial charge in [-0.3, -0.25) is 9.59 Å². The average molecular weight is 431 g/mol. The maximum Gasteiger partial charge on any atom is 0.224 e. The van der Waals surface area contributed by atoms with E-state index in [1.165, 1.54) is 0 Å². The number of carbonyl (C=O) groups excluding carboxylic acids is 2. The second-order valence-electron chi connectivity index (χ2n) is 7.70. The Labute approximate surface area is 176 Å². The third kappa shape index (κ3) is 6.06. The molecule has 2 aromatic rings. The summed E-state index contributed by atoms with van der Waals surface area (Å²) >= 11 is 0. The number of hydrogen-bond acceptors (Lipinski definition) is 5. The number of amides is 2. The Kier molecular flexibility index (Phi) is 6.77. The summed E-state index contributed by atoms with van der Waals surface area (Å²) < 4.78 is 29.4. The number of anilines is 2. The van der Waals surface area contributed by atoms with Crippen molar-refractivity contribution in [3.63, 3.8) is 0 Å². The number of ether oxygens (including phenoxy) is 1. The molecule has 3 rings (SSSR count). The molecular formula is C22H26N2O5S. The van der Waals surface area contributed by atoms with E-state index < -0.39 is 15.8 Å². The predicted molar refractivity (Wildman–Crippen MR) is 116 cm³/mol. The van der Waals surface area contributed by atoms with E-state index in [4.69, 9.17) is 4.74 Å². The summed E-state index contributed by atoms with van der Waals surface area (Å²) in [6.07, 6.45) is 0.112. The summed E-state index contributed by atoms with van der Waals surface area (Å²) in [6.45, 7) is 1.93. The second-order valence-corrected chi connectivity index (χ2v) is 9.85. The van der Waals surface area contributed by atoms with Crippen molar-refractivity contribution in [1.82, 2.24) is 0 Å². The van der Waals surface area contributed by atoms with Gasteiger partial charge in [-0.05, 0) is 60.7 Å². The minimum atomic E-state index is -3.27. The van der Waals surface area contributed by atoms with Crippen LogP contribution in [0, 0.1) is 18.8 Å². The van der Waals surface area contributed by atoms with E-state index in [-0.39, 0.29) is 42.1 Å². The predicted octanol–water partition coefficient (Wildman–Crippen LogP) is 3.02. The molecule has 1 aliphatic heterocycles. The maximum atomic E-state index is 12.5. The molecule has 0 bridgehead atoms. The van der Waals surface area contributed by atoms with Crippen LogP contribution in [0.3, 0.4) is 0 Å². The van der Waals surface area contributed by atoms with Gasteiger partial charge in [0, 0.05) is 24.2 Å². The molecule has 7 nitrogen and oxygen atoms in total. The normalized spacial score (nSPS) is 19.8. The van der Waals surface area contributed by atoms with Gasteiger partial charge in [0.2, 0.25) is 11.8 Å². The molecule has 8 heteroatoms. The van der Waals surface area contributed by atoms with Crippen LogP contribution in [0.4, 0.5) is 11.4 Å². The molecule has 0 saturated carbocycles. The third-order valence-electron chi connectivity index (χ3n) is 5.17. The fourth-order valence-electron chi connectivity index (χ4n) is 3.74. The van der Waals surface area contributed by atoms with Gasteiger partial charge in [0.1, 0.15) is 5.75 Å². The highest BCUT2D eigenvalue weighted by Gasteiger charge is 2.39. The van der Waals surface area contributed by atoms with E-state index in [1.54, 1.807) is 37.4 Å². The van der Waals surface area contributed by atoms with Gasteiger partial charge in [-0.25, -0.2) is 8.42 Å². The monoisotopic (exact) mass is 430 g/mol. The molecule has 30 heavy (non-hydrogen) atoms. The smallest absolute Gasteiger partial charge is 0.224 e. The van der Waals surface area contributed by atoms with E-state index in [9.17, 15) is 18.0 Å². The lowest BCUT2D eigenvalue weighted by molar-refractivity contribution is -0.119. The Balaban J connectivity index is 1.60. The molecule has 1 saturated heterocycles. The van der Waals surface area contributed by atoms with E-state index in [2.05, 4.69) is 10.6 Å². The molecule has 2 amide bonds. The van der Waals surface area contributed by atoms with Gasteiger partial charge >= 0.3 is 0 Å². The molecule has 2 unspecified atom stereocenters. The third-order valence-corrected chi connectivity index (χ3v) is 7.05. The molecule has 1 heterocycles. The molecule has 0 aliphatic carbocycles. The van der Waals surface area contributed by atoms with Gasteiger partial charge in [0.15, 0.2) is 9.84 Å². The Hall–Kier alpha value is -2.87. The minimum Gasteiger partial charge on any atom is -0.497 e. The summed E-state index contributed by atoms with van der Waals surface area (Å²) in [5.74, 6) is -0.776. The van der Waals surface area contributed by atoms with Crippen LogP contribution >= 0.6 is 0 Å². The van der Waals surface area contributed by atoms with E-state index >= 15 is 0 Å². The molecular weight excluding hydrogens is 404 g/mol.